The van der Waals surface area contributed by atoms with E-state index in [4.69, 9.17) is 10.2 Å². The smallest absolute Gasteiger partial charge is 0.303 e. The third-order valence-electron chi connectivity index (χ3n) is 10.8. The van der Waals surface area contributed by atoms with Crippen molar-refractivity contribution in [1.82, 2.24) is 0 Å². The van der Waals surface area contributed by atoms with Crippen LogP contribution in [0.1, 0.15) is 118 Å². The number of ether oxygens (including phenoxy) is 1. The minimum Gasteiger partial charge on any atom is -0.481 e. The first-order valence-electron chi connectivity index (χ1n) is 15.5. The number of rotatable bonds is 8. The number of aliphatic hydroxyl groups is 1. The number of carbonyl (C=O) groups is 2. The molecule has 0 bridgehead atoms. The molecule has 0 aromatic heterocycles. The SMILES string of the molecule is CC(C)CCC[C@@H](C)[C@H]1CC[C@H]2[C@@H]3CC=C4C[C@@H](O)CC[C@]4(C)[C@H]3CC[C@]12C.COC.O=C(O)CCC(=O)O. The summed E-state index contributed by atoms with van der Waals surface area (Å²) in [5, 5.41) is 26.0. The first-order chi connectivity index (χ1) is 18.3. The summed E-state index contributed by atoms with van der Waals surface area (Å²) < 4.78 is 4.25. The first-order valence-corrected chi connectivity index (χ1v) is 15.5. The molecule has 0 spiro atoms. The number of hydrogen-bond donors (Lipinski definition) is 3. The number of allylic oxidation sites excluding steroid dienone is 1. The molecule has 0 heterocycles. The molecule has 0 amide bonds. The average Bonchev–Trinajstić information content (AvgIpc) is 3.21. The van der Waals surface area contributed by atoms with E-state index in [9.17, 15) is 14.7 Å². The molecule has 8 atom stereocenters. The van der Waals surface area contributed by atoms with E-state index >= 15 is 0 Å². The van der Waals surface area contributed by atoms with Crippen LogP contribution in [0, 0.1) is 46.3 Å². The number of hydrogen-bond acceptors (Lipinski definition) is 4. The second kappa shape index (κ2) is 15.0. The quantitative estimate of drug-likeness (QED) is 0.269. The van der Waals surface area contributed by atoms with Crippen LogP contribution in [-0.2, 0) is 14.3 Å². The summed E-state index contributed by atoms with van der Waals surface area (Å²) in [6.07, 6.45) is 16.6. The van der Waals surface area contributed by atoms with Crippen LogP contribution in [0.5, 0.6) is 0 Å². The van der Waals surface area contributed by atoms with Crippen molar-refractivity contribution in [2.45, 2.75) is 124 Å². The largest absolute Gasteiger partial charge is 0.481 e. The van der Waals surface area contributed by atoms with Gasteiger partial charge >= 0.3 is 11.9 Å². The van der Waals surface area contributed by atoms with Gasteiger partial charge in [0.05, 0.1) is 18.9 Å². The molecule has 0 aromatic carbocycles. The van der Waals surface area contributed by atoms with Gasteiger partial charge in [0.2, 0.25) is 0 Å². The zero-order valence-electron chi connectivity index (χ0n) is 25.9. The molecule has 226 valence electrons. The fourth-order valence-electron chi connectivity index (χ4n) is 8.88. The molecule has 4 rings (SSSR count). The van der Waals surface area contributed by atoms with Crippen molar-refractivity contribution in [3.63, 3.8) is 0 Å². The van der Waals surface area contributed by atoms with Gasteiger partial charge in [0.1, 0.15) is 0 Å². The highest BCUT2D eigenvalue weighted by Gasteiger charge is 2.59. The maximum atomic E-state index is 10.2. The van der Waals surface area contributed by atoms with Gasteiger partial charge in [-0.1, -0.05) is 65.5 Å². The molecule has 0 radical (unpaired) electrons. The Bertz CT molecular complexity index is 807. The summed E-state index contributed by atoms with van der Waals surface area (Å²) in [7, 11) is 3.25. The van der Waals surface area contributed by atoms with Crippen LogP contribution in [0.4, 0.5) is 0 Å². The number of fused-ring (bicyclic) bond motifs is 5. The summed E-state index contributed by atoms with van der Waals surface area (Å²) in [5.74, 6) is 3.30. The molecule has 3 N–H and O–H groups in total. The lowest BCUT2D eigenvalue weighted by Crippen LogP contribution is -2.50. The third kappa shape index (κ3) is 8.55. The lowest BCUT2D eigenvalue weighted by atomic mass is 9.47. The van der Waals surface area contributed by atoms with Crippen LogP contribution in [0.3, 0.4) is 0 Å². The summed E-state index contributed by atoms with van der Waals surface area (Å²) in [6.45, 7) is 12.6. The predicted octanol–water partition coefficient (Wildman–Crippen LogP) is 7.59. The Hall–Kier alpha value is -1.40. The van der Waals surface area contributed by atoms with Crippen LogP contribution < -0.4 is 0 Å². The average molecular weight is 551 g/mol. The van der Waals surface area contributed by atoms with Crippen LogP contribution in [0.2, 0.25) is 0 Å². The Labute approximate surface area is 238 Å². The van der Waals surface area contributed by atoms with Crippen LogP contribution >= 0.6 is 0 Å². The molecule has 0 aliphatic heterocycles. The molecule has 4 aliphatic carbocycles. The first kappa shape index (κ1) is 33.8. The van der Waals surface area contributed by atoms with Crippen molar-refractivity contribution in [3.05, 3.63) is 11.6 Å². The Kier molecular flexibility index (Phi) is 13.0. The molecule has 3 saturated carbocycles. The van der Waals surface area contributed by atoms with Gasteiger partial charge in [-0.15, -0.1) is 0 Å². The molecule has 6 heteroatoms. The van der Waals surface area contributed by atoms with Crippen molar-refractivity contribution in [3.8, 4) is 0 Å². The second-order valence-corrected chi connectivity index (χ2v) is 13.9. The zero-order chi connectivity index (χ0) is 29.4. The molecule has 0 saturated heterocycles. The van der Waals surface area contributed by atoms with E-state index in [1.165, 1.54) is 57.8 Å². The predicted molar refractivity (Wildman–Crippen MR) is 156 cm³/mol. The monoisotopic (exact) mass is 550 g/mol. The van der Waals surface area contributed by atoms with Crippen molar-refractivity contribution in [2.24, 2.45) is 46.3 Å². The third-order valence-corrected chi connectivity index (χ3v) is 10.8. The Morgan fingerprint density at radius 2 is 1.56 bits per heavy atom. The van der Waals surface area contributed by atoms with E-state index in [2.05, 4.69) is 45.4 Å². The minimum absolute atomic E-state index is 0.0766. The van der Waals surface area contributed by atoms with Crippen molar-refractivity contribution in [2.75, 3.05) is 14.2 Å². The van der Waals surface area contributed by atoms with Crippen molar-refractivity contribution >= 4 is 11.9 Å². The van der Waals surface area contributed by atoms with Crippen molar-refractivity contribution in [1.29, 1.82) is 0 Å². The lowest BCUT2D eigenvalue weighted by Gasteiger charge is -2.58. The molecule has 3 fully saturated rings. The summed E-state index contributed by atoms with van der Waals surface area (Å²) in [5.41, 5.74) is 2.60. The van der Waals surface area contributed by atoms with Crippen LogP contribution in [-0.4, -0.2) is 47.6 Å². The second-order valence-electron chi connectivity index (χ2n) is 13.9. The number of carboxylic acids is 2. The minimum atomic E-state index is -1.08. The van der Waals surface area contributed by atoms with Gasteiger partial charge in [0.15, 0.2) is 0 Å². The van der Waals surface area contributed by atoms with Gasteiger partial charge in [-0.25, -0.2) is 0 Å². The molecule has 6 nitrogen and oxygen atoms in total. The standard InChI is InChI=1S/C27H46O.C4H6O4.C2H6O/c1-18(2)7-6-8-19(3)23-11-12-24-22-10-9-20-17-21(28)13-15-26(20,4)25(22)14-16-27(23,24)5;5-3(6)1-2-4(7)8;1-3-2/h9,18-19,21-25,28H,6-8,10-17H2,1-5H3;1-2H2,(H,5,6)(H,7,8);1-2H3/t19-,21+,22+,23-,24+,25+,26+,27-;;/m1../s1. The van der Waals surface area contributed by atoms with E-state index in [1.54, 1.807) is 19.8 Å². The Morgan fingerprint density at radius 3 is 2.13 bits per heavy atom. The van der Waals surface area contributed by atoms with E-state index in [0.29, 0.717) is 10.8 Å². The molecule has 4 aliphatic rings. The number of carboxylic acid groups (broad SMARTS) is 2. The molecule has 39 heavy (non-hydrogen) atoms. The number of methoxy groups -OCH3 is 1. The normalized spacial score (nSPS) is 35.6. The topological polar surface area (TPSA) is 104 Å². The molecular formula is C33H58O6. The van der Waals surface area contributed by atoms with E-state index in [-0.39, 0.29) is 18.9 Å². The summed E-state index contributed by atoms with van der Waals surface area (Å²) in [6, 6.07) is 0. The van der Waals surface area contributed by atoms with Gasteiger partial charge in [0, 0.05) is 14.2 Å². The maximum absolute atomic E-state index is 10.2. The zero-order valence-corrected chi connectivity index (χ0v) is 25.9. The van der Waals surface area contributed by atoms with Gasteiger partial charge in [-0.2, -0.15) is 0 Å². The lowest BCUT2D eigenvalue weighted by molar-refractivity contribution is -0.143. The number of aliphatic carboxylic acids is 2. The number of aliphatic hydroxyl groups excluding tert-OH is 1. The Balaban J connectivity index is 0.000000413. The highest BCUT2D eigenvalue weighted by Crippen LogP contribution is 2.67. The molecule has 0 unspecified atom stereocenters. The molecular weight excluding hydrogens is 492 g/mol. The highest BCUT2D eigenvalue weighted by atomic mass is 16.4. The molecule has 0 aromatic rings. The van der Waals surface area contributed by atoms with E-state index in [0.717, 1.165) is 48.3 Å². The van der Waals surface area contributed by atoms with E-state index < -0.39 is 11.9 Å². The van der Waals surface area contributed by atoms with Gasteiger partial charge in [0.25, 0.3) is 0 Å². The van der Waals surface area contributed by atoms with Crippen LogP contribution in [0.15, 0.2) is 11.6 Å². The van der Waals surface area contributed by atoms with Crippen molar-refractivity contribution < 1.29 is 29.6 Å². The van der Waals surface area contributed by atoms with Gasteiger partial charge in [-0.05, 0) is 97.7 Å². The van der Waals surface area contributed by atoms with Gasteiger partial charge < -0.3 is 20.1 Å². The Morgan fingerprint density at radius 1 is 0.949 bits per heavy atom. The summed E-state index contributed by atoms with van der Waals surface area (Å²) in [4.78, 5) is 19.3. The van der Waals surface area contributed by atoms with Gasteiger partial charge in [-0.3, -0.25) is 9.59 Å². The van der Waals surface area contributed by atoms with Crippen LogP contribution in [0.25, 0.3) is 0 Å². The highest BCUT2D eigenvalue weighted by molar-refractivity contribution is 5.75. The summed E-state index contributed by atoms with van der Waals surface area (Å²) >= 11 is 0. The maximum Gasteiger partial charge on any atom is 0.303 e. The fraction of sp³-hybridized carbons (Fsp3) is 0.879. The van der Waals surface area contributed by atoms with E-state index in [1.807, 2.05) is 0 Å². The fourth-order valence-corrected chi connectivity index (χ4v) is 8.88.